The zero-order chi connectivity index (χ0) is 13.4. The predicted molar refractivity (Wildman–Crippen MR) is 73.6 cm³/mol. The molecule has 0 bridgehead atoms. The highest BCUT2D eigenvalue weighted by atomic mass is 16.5. The largest absolute Gasteiger partial charge is 0.465 e. The second-order valence-electron chi connectivity index (χ2n) is 5.12. The third kappa shape index (κ3) is 4.94. The maximum absolute atomic E-state index is 11.7. The van der Waals surface area contributed by atoms with E-state index in [1.165, 1.54) is 32.2 Å². The van der Waals surface area contributed by atoms with Gasteiger partial charge < -0.3 is 15.0 Å². The summed E-state index contributed by atoms with van der Waals surface area (Å²) in [6, 6.07) is 0.479. The molecular formula is C14H28N2O2. The van der Waals surface area contributed by atoms with Gasteiger partial charge in [-0.15, -0.1) is 0 Å². The van der Waals surface area contributed by atoms with E-state index in [0.29, 0.717) is 12.6 Å². The lowest BCUT2D eigenvalue weighted by molar-refractivity contribution is -0.145. The molecule has 1 fully saturated rings. The molecule has 2 unspecified atom stereocenters. The average molecular weight is 256 g/mol. The molecule has 1 saturated heterocycles. The first-order valence-electron chi connectivity index (χ1n) is 7.27. The van der Waals surface area contributed by atoms with Gasteiger partial charge in [0.05, 0.1) is 6.61 Å². The van der Waals surface area contributed by atoms with Gasteiger partial charge in [-0.05, 0) is 46.7 Å². The number of likely N-dealkylation sites (tertiary alicyclic amines) is 1. The van der Waals surface area contributed by atoms with Gasteiger partial charge in [-0.25, -0.2) is 0 Å². The second-order valence-corrected chi connectivity index (χ2v) is 5.12. The van der Waals surface area contributed by atoms with Crippen LogP contribution < -0.4 is 5.32 Å². The highest BCUT2D eigenvalue weighted by molar-refractivity contribution is 5.75. The maximum atomic E-state index is 11.7. The molecule has 4 nitrogen and oxygen atoms in total. The molecule has 4 heteroatoms. The first-order chi connectivity index (χ1) is 8.69. The smallest absolute Gasteiger partial charge is 0.323 e. The molecule has 1 N–H and O–H groups in total. The van der Waals surface area contributed by atoms with Gasteiger partial charge >= 0.3 is 5.97 Å². The van der Waals surface area contributed by atoms with Gasteiger partial charge in [0.2, 0.25) is 0 Å². The van der Waals surface area contributed by atoms with E-state index in [0.717, 1.165) is 13.0 Å². The Morgan fingerprint density at radius 1 is 1.44 bits per heavy atom. The van der Waals surface area contributed by atoms with Crippen LogP contribution in [0.15, 0.2) is 0 Å². The van der Waals surface area contributed by atoms with Crippen LogP contribution in [0.5, 0.6) is 0 Å². The fourth-order valence-corrected chi connectivity index (χ4v) is 2.58. The zero-order valence-electron chi connectivity index (χ0n) is 12.1. The van der Waals surface area contributed by atoms with Gasteiger partial charge in [-0.1, -0.05) is 12.8 Å². The first kappa shape index (κ1) is 15.4. The van der Waals surface area contributed by atoms with Crippen molar-refractivity contribution in [1.82, 2.24) is 10.2 Å². The monoisotopic (exact) mass is 256 g/mol. The van der Waals surface area contributed by atoms with Crippen molar-refractivity contribution < 1.29 is 9.53 Å². The minimum atomic E-state index is -0.166. The summed E-state index contributed by atoms with van der Waals surface area (Å²) in [7, 11) is 1.83. The van der Waals surface area contributed by atoms with Crippen LogP contribution in [0.1, 0.15) is 46.0 Å². The molecule has 0 spiro atoms. The molecule has 0 radical (unpaired) electrons. The topological polar surface area (TPSA) is 41.6 Å². The van der Waals surface area contributed by atoms with Crippen molar-refractivity contribution in [1.29, 1.82) is 0 Å². The highest BCUT2D eigenvalue weighted by Crippen LogP contribution is 2.16. The fourth-order valence-electron chi connectivity index (χ4n) is 2.58. The molecule has 18 heavy (non-hydrogen) atoms. The lowest BCUT2D eigenvalue weighted by Gasteiger charge is -2.28. The number of rotatable bonds is 6. The summed E-state index contributed by atoms with van der Waals surface area (Å²) < 4.78 is 5.07. The summed E-state index contributed by atoms with van der Waals surface area (Å²) in [5.41, 5.74) is 0. The Bertz CT molecular complexity index is 246. The van der Waals surface area contributed by atoms with Gasteiger partial charge in [0, 0.05) is 12.6 Å². The number of hydrogen-bond donors (Lipinski definition) is 1. The number of hydrogen-bond acceptors (Lipinski definition) is 4. The van der Waals surface area contributed by atoms with Crippen LogP contribution in [0, 0.1) is 0 Å². The molecule has 0 aromatic heterocycles. The summed E-state index contributed by atoms with van der Waals surface area (Å²) in [6.45, 7) is 6.74. The Balaban J connectivity index is 2.38. The molecule has 0 aliphatic carbocycles. The van der Waals surface area contributed by atoms with E-state index in [-0.39, 0.29) is 12.0 Å². The van der Waals surface area contributed by atoms with E-state index in [9.17, 15) is 4.79 Å². The molecule has 0 aromatic carbocycles. The van der Waals surface area contributed by atoms with E-state index >= 15 is 0 Å². The molecule has 0 amide bonds. The van der Waals surface area contributed by atoms with Crippen LogP contribution in [0.4, 0.5) is 0 Å². The standard InChI is InChI=1S/C14H28N2O2/c1-4-18-14(17)13(15-3)9-11-16-10-7-5-6-8-12(16)2/h12-13,15H,4-11H2,1-3H3. The summed E-state index contributed by atoms with van der Waals surface area (Å²) in [4.78, 5) is 14.2. The van der Waals surface area contributed by atoms with Gasteiger partial charge in [0.25, 0.3) is 0 Å². The number of nitrogens with zero attached hydrogens (tertiary/aromatic N) is 1. The number of likely N-dealkylation sites (N-methyl/N-ethyl adjacent to an activating group) is 1. The molecule has 1 heterocycles. The summed E-state index contributed by atoms with van der Waals surface area (Å²) in [5.74, 6) is -0.123. The minimum Gasteiger partial charge on any atom is -0.465 e. The SMILES string of the molecule is CCOC(=O)C(CCN1CCCCCC1C)NC. The Hall–Kier alpha value is -0.610. The number of nitrogens with one attached hydrogen (secondary N) is 1. The van der Waals surface area contributed by atoms with Gasteiger partial charge in [0.1, 0.15) is 6.04 Å². The zero-order valence-corrected chi connectivity index (χ0v) is 12.1. The van der Waals surface area contributed by atoms with E-state index in [2.05, 4.69) is 17.1 Å². The van der Waals surface area contributed by atoms with Crippen LogP contribution in [-0.4, -0.2) is 49.7 Å². The Morgan fingerprint density at radius 2 is 2.22 bits per heavy atom. The molecule has 0 aromatic rings. The average Bonchev–Trinajstić information content (AvgIpc) is 2.56. The fraction of sp³-hybridized carbons (Fsp3) is 0.929. The van der Waals surface area contributed by atoms with Crippen molar-refractivity contribution in [3.05, 3.63) is 0 Å². The van der Waals surface area contributed by atoms with Crippen LogP contribution in [0.2, 0.25) is 0 Å². The van der Waals surface area contributed by atoms with Crippen molar-refractivity contribution in [2.45, 2.75) is 58.0 Å². The number of carbonyl (C=O) groups is 1. The maximum Gasteiger partial charge on any atom is 0.323 e. The summed E-state index contributed by atoms with van der Waals surface area (Å²) in [6.07, 6.45) is 6.08. The van der Waals surface area contributed by atoms with Gasteiger partial charge in [-0.2, -0.15) is 0 Å². The van der Waals surface area contributed by atoms with Crippen LogP contribution in [0.25, 0.3) is 0 Å². The van der Waals surface area contributed by atoms with Crippen molar-refractivity contribution in [2.75, 3.05) is 26.7 Å². The minimum absolute atomic E-state index is 0.123. The summed E-state index contributed by atoms with van der Waals surface area (Å²) in [5, 5.41) is 3.06. The Kier molecular flexibility index (Phi) is 7.28. The van der Waals surface area contributed by atoms with Crippen molar-refractivity contribution in [3.8, 4) is 0 Å². The van der Waals surface area contributed by atoms with E-state index in [1.54, 1.807) is 0 Å². The van der Waals surface area contributed by atoms with Gasteiger partial charge in [0.15, 0.2) is 0 Å². The summed E-state index contributed by atoms with van der Waals surface area (Å²) >= 11 is 0. The van der Waals surface area contributed by atoms with Crippen LogP contribution >= 0.6 is 0 Å². The molecule has 0 saturated carbocycles. The third-order valence-electron chi connectivity index (χ3n) is 3.82. The van der Waals surface area contributed by atoms with Crippen LogP contribution in [-0.2, 0) is 9.53 Å². The highest BCUT2D eigenvalue weighted by Gasteiger charge is 2.21. The van der Waals surface area contributed by atoms with E-state index < -0.39 is 0 Å². The number of ether oxygens (including phenoxy) is 1. The first-order valence-corrected chi connectivity index (χ1v) is 7.27. The quantitative estimate of drug-likeness (QED) is 0.736. The molecule has 106 valence electrons. The lowest BCUT2D eigenvalue weighted by Crippen LogP contribution is -2.41. The van der Waals surface area contributed by atoms with Gasteiger partial charge in [-0.3, -0.25) is 4.79 Å². The van der Waals surface area contributed by atoms with Crippen molar-refractivity contribution in [2.24, 2.45) is 0 Å². The molecule has 2 atom stereocenters. The molecule has 1 aliphatic heterocycles. The van der Waals surface area contributed by atoms with Crippen molar-refractivity contribution >= 4 is 5.97 Å². The lowest BCUT2D eigenvalue weighted by atomic mass is 10.1. The normalized spacial score (nSPS) is 23.4. The second kappa shape index (κ2) is 8.48. The Labute approximate surface area is 111 Å². The van der Waals surface area contributed by atoms with Crippen molar-refractivity contribution in [3.63, 3.8) is 0 Å². The molecule has 1 aliphatic rings. The van der Waals surface area contributed by atoms with E-state index in [1.807, 2.05) is 14.0 Å². The van der Waals surface area contributed by atoms with E-state index in [4.69, 9.17) is 4.74 Å². The Morgan fingerprint density at radius 3 is 2.89 bits per heavy atom. The predicted octanol–water partition coefficient (Wildman–Crippen LogP) is 1.79. The number of esters is 1. The molecular weight excluding hydrogens is 228 g/mol. The number of carbonyl (C=O) groups excluding carboxylic acids is 1. The molecule has 1 rings (SSSR count). The van der Waals surface area contributed by atoms with Crippen LogP contribution in [0.3, 0.4) is 0 Å². The third-order valence-corrected chi connectivity index (χ3v) is 3.82.